The molecule has 0 aliphatic carbocycles. The number of pyridine rings is 2. The van der Waals surface area contributed by atoms with Gasteiger partial charge in [-0.25, -0.2) is 0 Å². The molecule has 4 aromatic carbocycles. The normalized spacial score (nSPS) is 12.3. The van der Waals surface area contributed by atoms with E-state index in [1.807, 2.05) is 12.4 Å². The summed E-state index contributed by atoms with van der Waals surface area (Å²) in [5, 5.41) is 7.53. The molecular formula is C40H42N2. The van der Waals surface area contributed by atoms with Crippen molar-refractivity contribution < 1.29 is 0 Å². The summed E-state index contributed by atoms with van der Waals surface area (Å²) in [5.74, 6) is 1.23. The SMILES string of the molecule is CC(C)Cc1cc(CC(C)C)cc(-c2nccc3c2ccc2c4ccc(-c5ccc(C(C)(C)C)nc5)cc4ccc32)c1. The van der Waals surface area contributed by atoms with Crippen LogP contribution in [0.2, 0.25) is 0 Å². The van der Waals surface area contributed by atoms with Crippen molar-refractivity contribution in [2.75, 3.05) is 0 Å². The summed E-state index contributed by atoms with van der Waals surface area (Å²) in [6, 6.07) is 29.6. The van der Waals surface area contributed by atoms with Crippen molar-refractivity contribution in [1.29, 1.82) is 0 Å². The van der Waals surface area contributed by atoms with E-state index in [4.69, 9.17) is 9.97 Å². The van der Waals surface area contributed by atoms with Crippen LogP contribution in [-0.4, -0.2) is 9.97 Å². The standard InChI is InChI=1S/C40H42N2/c1-25(2)18-27-20-28(19-26(3)4)22-32(21-27)39-37-14-13-34-33-11-8-29(31-10-15-38(42-24-31)40(5,6)7)23-30(33)9-12-35(34)36(37)16-17-41-39/h8-17,20-26H,18-19H2,1-7H3. The molecule has 0 aliphatic rings. The smallest absolute Gasteiger partial charge is 0.0780 e. The maximum atomic E-state index is 4.95. The van der Waals surface area contributed by atoms with Crippen molar-refractivity contribution in [3.8, 4) is 22.4 Å². The quantitative estimate of drug-likeness (QED) is 0.193. The first-order valence-electron chi connectivity index (χ1n) is 15.4. The van der Waals surface area contributed by atoms with E-state index in [0.29, 0.717) is 11.8 Å². The van der Waals surface area contributed by atoms with Crippen LogP contribution in [0.1, 0.15) is 65.3 Å². The lowest BCUT2D eigenvalue weighted by Crippen LogP contribution is -2.12. The van der Waals surface area contributed by atoms with Crippen LogP contribution in [0.5, 0.6) is 0 Å². The van der Waals surface area contributed by atoms with Crippen LogP contribution in [0.4, 0.5) is 0 Å². The van der Waals surface area contributed by atoms with Crippen LogP contribution in [0.25, 0.3) is 54.7 Å². The fourth-order valence-electron chi connectivity index (χ4n) is 6.31. The molecule has 0 unspecified atom stereocenters. The fourth-order valence-corrected chi connectivity index (χ4v) is 6.31. The van der Waals surface area contributed by atoms with Crippen molar-refractivity contribution in [2.45, 2.75) is 66.7 Å². The third-order valence-electron chi connectivity index (χ3n) is 8.24. The summed E-state index contributed by atoms with van der Waals surface area (Å²) in [4.78, 5) is 9.70. The molecule has 0 atom stereocenters. The molecule has 2 aromatic heterocycles. The number of benzene rings is 4. The van der Waals surface area contributed by atoms with Gasteiger partial charge in [0.15, 0.2) is 0 Å². The van der Waals surface area contributed by atoms with Gasteiger partial charge in [-0.2, -0.15) is 0 Å². The van der Waals surface area contributed by atoms with Gasteiger partial charge in [-0.3, -0.25) is 9.97 Å². The first-order valence-corrected chi connectivity index (χ1v) is 15.4. The molecule has 6 aromatic rings. The van der Waals surface area contributed by atoms with Gasteiger partial charge in [-0.05, 0) is 98.6 Å². The van der Waals surface area contributed by atoms with E-state index in [1.165, 1.54) is 54.6 Å². The van der Waals surface area contributed by atoms with Crippen LogP contribution < -0.4 is 0 Å². The largest absolute Gasteiger partial charge is 0.260 e. The van der Waals surface area contributed by atoms with Crippen LogP contribution in [0, 0.1) is 11.8 Å². The van der Waals surface area contributed by atoms with Crippen molar-refractivity contribution >= 4 is 32.3 Å². The maximum absolute atomic E-state index is 4.95. The van der Waals surface area contributed by atoms with Crippen LogP contribution in [0.15, 0.2) is 91.3 Å². The minimum Gasteiger partial charge on any atom is -0.260 e. The van der Waals surface area contributed by atoms with Crippen molar-refractivity contribution in [2.24, 2.45) is 11.8 Å². The average Bonchev–Trinajstić information content (AvgIpc) is 2.95. The predicted octanol–water partition coefficient (Wildman–Crippen LogP) is 11.0. The van der Waals surface area contributed by atoms with Gasteiger partial charge < -0.3 is 0 Å². The lowest BCUT2D eigenvalue weighted by Gasteiger charge is -2.17. The molecule has 0 amide bonds. The minimum absolute atomic E-state index is 0.0479. The summed E-state index contributed by atoms with van der Waals surface area (Å²) in [7, 11) is 0. The van der Waals surface area contributed by atoms with Gasteiger partial charge in [-0.15, -0.1) is 0 Å². The van der Waals surface area contributed by atoms with Crippen LogP contribution in [0.3, 0.4) is 0 Å². The second-order valence-corrected chi connectivity index (χ2v) is 13.8. The highest BCUT2D eigenvalue weighted by Crippen LogP contribution is 2.37. The van der Waals surface area contributed by atoms with Gasteiger partial charge in [0.1, 0.15) is 0 Å². The molecule has 2 heteroatoms. The zero-order chi connectivity index (χ0) is 29.6. The highest BCUT2D eigenvalue weighted by atomic mass is 14.7. The number of hydrogen-bond acceptors (Lipinski definition) is 2. The predicted molar refractivity (Wildman–Crippen MR) is 181 cm³/mol. The molecule has 212 valence electrons. The van der Waals surface area contributed by atoms with E-state index >= 15 is 0 Å². The van der Waals surface area contributed by atoms with Crippen LogP contribution >= 0.6 is 0 Å². The van der Waals surface area contributed by atoms with Crippen LogP contribution in [-0.2, 0) is 18.3 Å². The Bertz CT molecular complexity index is 1880. The van der Waals surface area contributed by atoms with E-state index in [1.54, 1.807) is 0 Å². The van der Waals surface area contributed by atoms with Gasteiger partial charge >= 0.3 is 0 Å². The lowest BCUT2D eigenvalue weighted by molar-refractivity contribution is 0.569. The van der Waals surface area contributed by atoms with E-state index < -0.39 is 0 Å². The van der Waals surface area contributed by atoms with Crippen molar-refractivity contribution in [3.05, 3.63) is 108 Å². The Kier molecular flexibility index (Phi) is 7.35. The number of rotatable bonds is 6. The Hall–Kier alpha value is -4.04. The molecule has 6 rings (SSSR count). The molecule has 0 saturated carbocycles. The molecule has 42 heavy (non-hydrogen) atoms. The van der Waals surface area contributed by atoms with Crippen molar-refractivity contribution in [1.82, 2.24) is 9.97 Å². The Morgan fingerprint density at radius 2 is 1.14 bits per heavy atom. The molecule has 0 N–H and O–H groups in total. The first-order chi connectivity index (χ1) is 20.1. The molecule has 0 fully saturated rings. The Labute approximate surface area is 250 Å². The summed E-state index contributed by atoms with van der Waals surface area (Å²) in [6.45, 7) is 15.8. The molecule has 0 saturated heterocycles. The molecular weight excluding hydrogens is 508 g/mol. The second-order valence-electron chi connectivity index (χ2n) is 13.8. The molecule has 0 radical (unpaired) electrons. The summed E-state index contributed by atoms with van der Waals surface area (Å²) < 4.78 is 0. The first kappa shape index (κ1) is 28.1. The number of nitrogens with zero attached hydrogens (tertiary/aromatic N) is 2. The Balaban J connectivity index is 1.45. The second kappa shape index (κ2) is 11.0. The summed E-state index contributed by atoms with van der Waals surface area (Å²) >= 11 is 0. The Morgan fingerprint density at radius 1 is 0.548 bits per heavy atom. The highest BCUT2D eigenvalue weighted by molar-refractivity contribution is 6.19. The van der Waals surface area contributed by atoms with E-state index in [2.05, 4.69) is 127 Å². The monoisotopic (exact) mass is 550 g/mol. The zero-order valence-electron chi connectivity index (χ0n) is 26.1. The molecule has 2 heterocycles. The number of hydrogen-bond donors (Lipinski definition) is 0. The summed E-state index contributed by atoms with van der Waals surface area (Å²) in [6.07, 6.45) is 6.15. The number of aromatic nitrogens is 2. The molecule has 0 aliphatic heterocycles. The summed E-state index contributed by atoms with van der Waals surface area (Å²) in [5.41, 5.74) is 8.62. The molecule has 0 bridgehead atoms. The van der Waals surface area contributed by atoms with Crippen molar-refractivity contribution in [3.63, 3.8) is 0 Å². The molecule has 2 nitrogen and oxygen atoms in total. The molecule has 0 spiro atoms. The van der Waals surface area contributed by atoms with Gasteiger partial charge in [0.05, 0.1) is 5.69 Å². The average molecular weight is 551 g/mol. The van der Waals surface area contributed by atoms with E-state index in [9.17, 15) is 0 Å². The van der Waals surface area contributed by atoms with E-state index in [0.717, 1.165) is 29.8 Å². The third-order valence-corrected chi connectivity index (χ3v) is 8.24. The van der Waals surface area contributed by atoms with E-state index in [-0.39, 0.29) is 5.41 Å². The highest BCUT2D eigenvalue weighted by Gasteiger charge is 2.16. The Morgan fingerprint density at radius 3 is 1.79 bits per heavy atom. The van der Waals surface area contributed by atoms with Gasteiger partial charge in [0.2, 0.25) is 0 Å². The number of fused-ring (bicyclic) bond motifs is 5. The lowest BCUT2D eigenvalue weighted by atomic mass is 9.90. The minimum atomic E-state index is 0.0479. The zero-order valence-corrected chi connectivity index (χ0v) is 26.1. The van der Waals surface area contributed by atoms with Gasteiger partial charge in [0.25, 0.3) is 0 Å². The third kappa shape index (κ3) is 5.55. The maximum Gasteiger partial charge on any atom is 0.0780 e. The van der Waals surface area contributed by atoms with Gasteiger partial charge in [0, 0.05) is 40.0 Å². The van der Waals surface area contributed by atoms with Gasteiger partial charge in [-0.1, -0.05) is 97.0 Å². The topological polar surface area (TPSA) is 25.8 Å². The fraction of sp³-hybridized carbons (Fsp3) is 0.300.